The van der Waals surface area contributed by atoms with Gasteiger partial charge in [-0.3, -0.25) is 4.79 Å². The molecule has 2 heterocycles. The maximum atomic E-state index is 15.5. The van der Waals surface area contributed by atoms with Crippen molar-refractivity contribution < 1.29 is 19.0 Å². The molecule has 1 aliphatic carbocycles. The number of hydrogen-bond acceptors (Lipinski definition) is 7. The number of hydrogen-bond donors (Lipinski definition) is 4. The Morgan fingerprint density at radius 3 is 2.62 bits per heavy atom. The number of aromatic nitrogens is 2. The zero-order valence-corrected chi connectivity index (χ0v) is 17.7. The Balaban J connectivity index is 1.80. The average Bonchev–Trinajstić information content (AvgIpc) is 3.63. The number of ether oxygens (including phenoxy) is 1. The number of carboxylic acid groups (broad SMARTS) is 1. The van der Waals surface area contributed by atoms with Crippen LogP contribution in [0.2, 0.25) is 0 Å². The predicted octanol–water partition coefficient (Wildman–Crippen LogP) is 3.14. The smallest absolute Gasteiger partial charge is 0.341 e. The van der Waals surface area contributed by atoms with Crippen LogP contribution in [-0.2, 0) is 0 Å². The average molecular weight is 441 g/mol. The van der Waals surface area contributed by atoms with Gasteiger partial charge in [-0.1, -0.05) is 6.07 Å². The summed E-state index contributed by atoms with van der Waals surface area (Å²) in [5.41, 5.74) is -0.750. The van der Waals surface area contributed by atoms with Crippen LogP contribution >= 0.6 is 0 Å². The molecule has 0 unspecified atom stereocenters. The zero-order chi connectivity index (χ0) is 22.8. The van der Waals surface area contributed by atoms with Gasteiger partial charge in [-0.25, -0.2) is 14.2 Å². The molecule has 0 aliphatic heterocycles. The van der Waals surface area contributed by atoms with Gasteiger partial charge in [-0.2, -0.15) is 0 Å². The second-order valence-electron chi connectivity index (χ2n) is 7.45. The number of benzene rings is 1. The summed E-state index contributed by atoms with van der Waals surface area (Å²) >= 11 is 0. The van der Waals surface area contributed by atoms with Crippen molar-refractivity contribution in [1.82, 2.24) is 9.55 Å². The minimum Gasteiger partial charge on any atom is -0.492 e. The summed E-state index contributed by atoms with van der Waals surface area (Å²) in [6.45, 7) is 0.805. The van der Waals surface area contributed by atoms with E-state index in [-0.39, 0.29) is 28.6 Å². The van der Waals surface area contributed by atoms with Crippen LogP contribution in [0.5, 0.6) is 5.75 Å². The minimum absolute atomic E-state index is 0.0268. The molecule has 0 radical (unpaired) electrons. The second kappa shape index (κ2) is 8.74. The summed E-state index contributed by atoms with van der Waals surface area (Å²) in [4.78, 5) is 28.9. The number of carboxylic acids is 1. The Kier molecular flexibility index (Phi) is 5.85. The Morgan fingerprint density at radius 1 is 1.28 bits per heavy atom. The van der Waals surface area contributed by atoms with E-state index in [0.717, 1.165) is 12.8 Å². The highest BCUT2D eigenvalue weighted by Crippen LogP contribution is 2.45. The molecule has 1 aliphatic rings. The molecule has 168 valence electrons. The van der Waals surface area contributed by atoms with Crippen molar-refractivity contribution in [3.05, 3.63) is 52.2 Å². The summed E-state index contributed by atoms with van der Waals surface area (Å²) in [6.07, 6.45) is 4.67. The molecule has 0 spiro atoms. The lowest BCUT2D eigenvalue weighted by atomic mass is 10.1. The lowest BCUT2D eigenvalue weighted by Crippen LogP contribution is -2.22. The largest absolute Gasteiger partial charge is 0.492 e. The third-order valence-electron chi connectivity index (χ3n) is 5.39. The number of nitrogens with zero attached hydrogens (tertiary/aromatic N) is 2. The number of pyridine rings is 2. The van der Waals surface area contributed by atoms with Crippen molar-refractivity contribution in [2.45, 2.75) is 18.9 Å². The molecule has 0 bridgehead atoms. The third kappa shape index (κ3) is 3.79. The van der Waals surface area contributed by atoms with Gasteiger partial charge in [-0.15, -0.1) is 0 Å². The highest BCUT2D eigenvalue weighted by Gasteiger charge is 2.32. The van der Waals surface area contributed by atoms with E-state index in [9.17, 15) is 14.7 Å². The van der Waals surface area contributed by atoms with E-state index in [0.29, 0.717) is 24.4 Å². The first-order valence-corrected chi connectivity index (χ1v) is 10.3. The van der Waals surface area contributed by atoms with E-state index in [1.54, 1.807) is 10.8 Å². The van der Waals surface area contributed by atoms with Crippen molar-refractivity contribution in [2.75, 3.05) is 43.2 Å². The van der Waals surface area contributed by atoms with Crippen LogP contribution in [0.15, 0.2) is 35.4 Å². The van der Waals surface area contributed by atoms with Gasteiger partial charge in [0.15, 0.2) is 11.6 Å². The normalized spacial score (nSPS) is 13.1. The topological polar surface area (TPSA) is 118 Å². The maximum Gasteiger partial charge on any atom is 0.341 e. The lowest BCUT2D eigenvalue weighted by Gasteiger charge is -2.21. The van der Waals surface area contributed by atoms with Crippen LogP contribution in [0.3, 0.4) is 0 Å². The Morgan fingerprint density at radius 2 is 2.03 bits per heavy atom. The minimum atomic E-state index is -1.35. The Bertz CT molecular complexity index is 1220. The number of carbonyl (C=O) groups is 1. The van der Waals surface area contributed by atoms with Crippen LogP contribution in [0, 0.1) is 5.82 Å². The number of fused-ring (bicyclic) bond motifs is 1. The van der Waals surface area contributed by atoms with Crippen LogP contribution < -0.4 is 26.1 Å². The fraction of sp³-hybridized carbons (Fsp3) is 0.318. The van der Waals surface area contributed by atoms with Crippen molar-refractivity contribution in [3.8, 4) is 5.75 Å². The van der Waals surface area contributed by atoms with Gasteiger partial charge in [0.05, 0.1) is 23.7 Å². The predicted molar refractivity (Wildman–Crippen MR) is 121 cm³/mol. The number of halogens is 1. The fourth-order valence-corrected chi connectivity index (χ4v) is 3.78. The maximum absolute atomic E-state index is 15.5. The fourth-order valence-electron chi connectivity index (χ4n) is 3.78. The standard InChI is InChI=1S/C22H24FN5O4/c1-24-17-15-19(28(12-6-7-12)11-13(20(15)29)22(30)31)21(32-2)18(16(17)23)27-10-9-26-14-5-3-4-8-25-14/h3-5,8,11-12,24,27H,6-7,9-10H2,1-2H3,(H,25,26)(H,30,31). The molecular formula is C22H24FN5O4. The van der Waals surface area contributed by atoms with Gasteiger partial charge in [0.25, 0.3) is 0 Å². The molecule has 1 fully saturated rings. The highest BCUT2D eigenvalue weighted by atomic mass is 19.1. The molecule has 9 nitrogen and oxygen atoms in total. The molecule has 4 N–H and O–H groups in total. The van der Waals surface area contributed by atoms with Gasteiger partial charge in [0.1, 0.15) is 17.1 Å². The van der Waals surface area contributed by atoms with Gasteiger partial charge in [0, 0.05) is 38.6 Å². The molecule has 0 atom stereocenters. The first-order chi connectivity index (χ1) is 15.5. The zero-order valence-electron chi connectivity index (χ0n) is 17.7. The quantitative estimate of drug-likeness (QED) is 0.374. The number of nitrogens with one attached hydrogen (secondary N) is 3. The first kappa shape index (κ1) is 21.4. The van der Waals surface area contributed by atoms with E-state index in [1.165, 1.54) is 20.4 Å². The van der Waals surface area contributed by atoms with Crippen molar-refractivity contribution >= 4 is 34.1 Å². The van der Waals surface area contributed by atoms with Gasteiger partial charge >= 0.3 is 5.97 Å². The lowest BCUT2D eigenvalue weighted by molar-refractivity contribution is 0.0695. The van der Waals surface area contributed by atoms with Gasteiger partial charge in [-0.05, 0) is 25.0 Å². The molecule has 1 aromatic carbocycles. The Hall–Kier alpha value is -3.82. The van der Waals surface area contributed by atoms with E-state index in [1.807, 2.05) is 18.2 Å². The second-order valence-corrected chi connectivity index (χ2v) is 7.45. The number of rotatable bonds is 9. The van der Waals surface area contributed by atoms with Crippen LogP contribution in [0.1, 0.15) is 29.2 Å². The Labute approximate surface area is 183 Å². The number of anilines is 3. The molecule has 0 amide bonds. The first-order valence-electron chi connectivity index (χ1n) is 10.3. The SMILES string of the molecule is CNc1c(F)c(NCCNc2ccccn2)c(OC)c2c1c(=O)c(C(=O)O)cn2C1CC1. The molecule has 4 rings (SSSR count). The number of aromatic carboxylic acids is 1. The molecule has 32 heavy (non-hydrogen) atoms. The van der Waals surface area contributed by atoms with Crippen molar-refractivity contribution in [3.63, 3.8) is 0 Å². The van der Waals surface area contributed by atoms with E-state index < -0.39 is 22.8 Å². The van der Waals surface area contributed by atoms with Gasteiger partial charge in [0.2, 0.25) is 5.43 Å². The van der Waals surface area contributed by atoms with Crippen molar-refractivity contribution in [1.29, 1.82) is 0 Å². The van der Waals surface area contributed by atoms with Crippen LogP contribution in [0.4, 0.5) is 21.6 Å². The van der Waals surface area contributed by atoms with E-state index >= 15 is 4.39 Å². The summed E-state index contributed by atoms with van der Waals surface area (Å²) in [5.74, 6) is -1.21. The van der Waals surface area contributed by atoms with E-state index in [4.69, 9.17) is 4.74 Å². The van der Waals surface area contributed by atoms with E-state index in [2.05, 4.69) is 20.9 Å². The summed E-state index contributed by atoms with van der Waals surface area (Å²) in [7, 11) is 2.89. The monoisotopic (exact) mass is 441 g/mol. The molecule has 2 aromatic heterocycles. The van der Waals surface area contributed by atoms with Crippen LogP contribution in [-0.4, -0.2) is 47.9 Å². The van der Waals surface area contributed by atoms with Crippen molar-refractivity contribution in [2.24, 2.45) is 0 Å². The summed E-state index contributed by atoms with van der Waals surface area (Å²) in [6, 6.07) is 5.52. The third-order valence-corrected chi connectivity index (χ3v) is 5.39. The van der Waals surface area contributed by atoms with Crippen LogP contribution in [0.25, 0.3) is 10.9 Å². The highest BCUT2D eigenvalue weighted by molar-refractivity contribution is 6.03. The summed E-state index contributed by atoms with van der Waals surface area (Å²) < 4.78 is 22.8. The number of methoxy groups -OCH3 is 1. The molecular weight excluding hydrogens is 417 g/mol. The molecule has 1 saturated carbocycles. The molecule has 3 aromatic rings. The molecule has 0 saturated heterocycles. The molecule has 10 heteroatoms. The summed E-state index contributed by atoms with van der Waals surface area (Å²) in [5, 5.41) is 18.4. The van der Waals surface area contributed by atoms with Gasteiger partial charge < -0.3 is 30.4 Å².